The van der Waals surface area contributed by atoms with Gasteiger partial charge in [0.1, 0.15) is 0 Å². The molecular formula is C6H9NO. The second-order valence-corrected chi connectivity index (χ2v) is 2.64. The fourth-order valence-corrected chi connectivity index (χ4v) is 1.32. The molecule has 0 aromatic heterocycles. The fourth-order valence-electron chi connectivity index (χ4n) is 1.32. The third kappa shape index (κ3) is 0.436. The summed E-state index contributed by atoms with van der Waals surface area (Å²) in [6.07, 6.45) is 2.02. The summed E-state index contributed by atoms with van der Waals surface area (Å²) in [6.45, 7) is 0.667. The lowest BCUT2D eigenvalue weighted by Crippen LogP contribution is -2.40. The van der Waals surface area contributed by atoms with E-state index in [0.29, 0.717) is 12.5 Å². The van der Waals surface area contributed by atoms with E-state index in [1.165, 1.54) is 5.71 Å². The van der Waals surface area contributed by atoms with Crippen LogP contribution in [0.4, 0.5) is 0 Å². The van der Waals surface area contributed by atoms with Crippen molar-refractivity contribution in [3.63, 3.8) is 0 Å². The molecule has 2 nitrogen and oxygen atoms in total. The highest BCUT2D eigenvalue weighted by Crippen LogP contribution is 2.31. The second-order valence-electron chi connectivity index (χ2n) is 2.64. The first-order valence-electron chi connectivity index (χ1n) is 3.06. The monoisotopic (exact) mass is 111 g/mol. The van der Waals surface area contributed by atoms with Crippen molar-refractivity contribution < 1.29 is 5.11 Å². The van der Waals surface area contributed by atoms with Crippen molar-refractivity contribution in [1.29, 1.82) is 0 Å². The zero-order valence-electron chi connectivity index (χ0n) is 4.67. The molecule has 2 bridgehead atoms. The van der Waals surface area contributed by atoms with Crippen LogP contribution in [0.25, 0.3) is 0 Å². The minimum atomic E-state index is -0.118. The minimum Gasteiger partial charge on any atom is -0.391 e. The Kier molecular flexibility index (Phi) is 0.742. The number of fused-ring (bicyclic) bond motifs is 2. The predicted octanol–water partition coefficient (Wildman–Crippen LogP) is 0.212. The van der Waals surface area contributed by atoms with Gasteiger partial charge in [0.05, 0.1) is 12.6 Å². The topological polar surface area (TPSA) is 32.6 Å². The van der Waals surface area contributed by atoms with Gasteiger partial charge in [-0.15, -0.1) is 0 Å². The van der Waals surface area contributed by atoms with E-state index in [1.807, 2.05) is 0 Å². The van der Waals surface area contributed by atoms with Gasteiger partial charge < -0.3 is 5.11 Å². The van der Waals surface area contributed by atoms with Gasteiger partial charge in [-0.2, -0.15) is 0 Å². The van der Waals surface area contributed by atoms with Crippen molar-refractivity contribution in [1.82, 2.24) is 0 Å². The summed E-state index contributed by atoms with van der Waals surface area (Å²) in [6, 6.07) is 0. The molecule has 1 atom stereocenters. The molecule has 1 aliphatic carbocycles. The number of hydrogen-bond acceptors (Lipinski definition) is 2. The van der Waals surface area contributed by atoms with E-state index in [-0.39, 0.29) is 6.10 Å². The van der Waals surface area contributed by atoms with Crippen LogP contribution in [-0.2, 0) is 0 Å². The van der Waals surface area contributed by atoms with Crippen LogP contribution >= 0.6 is 0 Å². The maximum absolute atomic E-state index is 9.11. The Morgan fingerprint density at radius 3 is 2.50 bits per heavy atom. The molecule has 2 aliphatic heterocycles. The molecule has 44 valence electrons. The van der Waals surface area contributed by atoms with Crippen molar-refractivity contribution in [3.8, 4) is 0 Å². The molecule has 0 aromatic carbocycles. The van der Waals surface area contributed by atoms with E-state index >= 15 is 0 Å². The Bertz CT molecular complexity index is 133. The highest BCUT2D eigenvalue weighted by molar-refractivity contribution is 5.91. The normalized spacial score (nSPS) is 42.9. The molecule has 0 radical (unpaired) electrons. The Morgan fingerprint density at radius 1 is 1.50 bits per heavy atom. The van der Waals surface area contributed by atoms with Gasteiger partial charge in [0, 0.05) is 5.71 Å². The van der Waals surface area contributed by atoms with Crippen LogP contribution < -0.4 is 0 Å². The highest BCUT2D eigenvalue weighted by atomic mass is 16.3. The molecule has 1 N–H and O–H groups in total. The molecule has 2 heteroatoms. The van der Waals surface area contributed by atoms with E-state index in [0.717, 1.165) is 12.8 Å². The molecule has 2 heterocycles. The second kappa shape index (κ2) is 1.32. The molecule has 1 fully saturated rings. The summed E-state index contributed by atoms with van der Waals surface area (Å²) < 4.78 is 0. The third-order valence-corrected chi connectivity index (χ3v) is 2.04. The molecular weight excluding hydrogens is 102 g/mol. The first-order chi connectivity index (χ1) is 3.86. The summed E-state index contributed by atoms with van der Waals surface area (Å²) >= 11 is 0. The number of aliphatic hydroxyl groups excluding tert-OH is 1. The molecule has 0 amide bonds. The van der Waals surface area contributed by atoms with Crippen molar-refractivity contribution >= 4 is 5.71 Å². The lowest BCUT2D eigenvalue weighted by molar-refractivity contribution is 0.0987. The predicted molar refractivity (Wildman–Crippen MR) is 31.0 cm³/mol. The average Bonchev–Trinajstić information content (AvgIpc) is 1.62. The summed E-state index contributed by atoms with van der Waals surface area (Å²) in [4.78, 5) is 4.14. The van der Waals surface area contributed by atoms with Crippen LogP contribution in [-0.4, -0.2) is 23.5 Å². The SMILES string of the molecule is OC1CN=C2CC1C2. The number of rotatable bonds is 0. The largest absolute Gasteiger partial charge is 0.391 e. The number of aliphatic imine (C=N–C) groups is 1. The zero-order valence-corrected chi connectivity index (χ0v) is 4.67. The maximum Gasteiger partial charge on any atom is 0.0770 e. The zero-order chi connectivity index (χ0) is 5.56. The summed E-state index contributed by atoms with van der Waals surface area (Å²) in [5.74, 6) is 0.572. The first kappa shape index (κ1) is 4.50. The highest BCUT2D eigenvalue weighted by Gasteiger charge is 2.34. The minimum absolute atomic E-state index is 0.118. The van der Waals surface area contributed by atoms with E-state index in [2.05, 4.69) is 4.99 Å². The quantitative estimate of drug-likeness (QED) is 0.476. The van der Waals surface area contributed by atoms with Gasteiger partial charge in [-0.1, -0.05) is 0 Å². The molecule has 0 spiro atoms. The Morgan fingerprint density at radius 2 is 2.25 bits per heavy atom. The number of hydrogen-bond donors (Lipinski definition) is 1. The number of aliphatic hydroxyl groups is 1. The lowest BCUT2D eigenvalue weighted by Gasteiger charge is -2.36. The van der Waals surface area contributed by atoms with Gasteiger partial charge in [0.25, 0.3) is 0 Å². The smallest absolute Gasteiger partial charge is 0.0770 e. The molecule has 3 rings (SSSR count). The van der Waals surface area contributed by atoms with Crippen molar-refractivity contribution in [2.24, 2.45) is 10.9 Å². The average molecular weight is 111 g/mol. The van der Waals surface area contributed by atoms with Crippen molar-refractivity contribution in [2.75, 3.05) is 6.54 Å². The van der Waals surface area contributed by atoms with Crippen LogP contribution in [0.3, 0.4) is 0 Å². The van der Waals surface area contributed by atoms with E-state index in [9.17, 15) is 0 Å². The standard InChI is InChI=1S/C6H9NO/c8-6-3-7-5-1-4(6)2-5/h4,6,8H,1-3H2. The first-order valence-corrected chi connectivity index (χ1v) is 3.06. The van der Waals surface area contributed by atoms with Gasteiger partial charge in [-0.3, -0.25) is 4.99 Å². The third-order valence-electron chi connectivity index (χ3n) is 2.04. The van der Waals surface area contributed by atoms with Crippen LogP contribution in [0.1, 0.15) is 12.8 Å². The van der Waals surface area contributed by atoms with Crippen LogP contribution in [0.2, 0.25) is 0 Å². The molecule has 1 unspecified atom stereocenters. The van der Waals surface area contributed by atoms with Crippen LogP contribution in [0.15, 0.2) is 4.99 Å². The van der Waals surface area contributed by atoms with Crippen LogP contribution in [0.5, 0.6) is 0 Å². The molecule has 0 saturated heterocycles. The van der Waals surface area contributed by atoms with Gasteiger partial charge >= 0.3 is 0 Å². The summed E-state index contributed by atoms with van der Waals surface area (Å²) in [5, 5.41) is 9.11. The summed E-state index contributed by atoms with van der Waals surface area (Å²) in [5.41, 5.74) is 1.32. The van der Waals surface area contributed by atoms with E-state index < -0.39 is 0 Å². The van der Waals surface area contributed by atoms with Crippen molar-refractivity contribution in [2.45, 2.75) is 18.9 Å². The van der Waals surface area contributed by atoms with Gasteiger partial charge in [-0.05, 0) is 18.8 Å². The maximum atomic E-state index is 9.11. The molecule has 0 aromatic rings. The Hall–Kier alpha value is -0.370. The Labute approximate surface area is 48.2 Å². The number of nitrogens with zero attached hydrogens (tertiary/aromatic N) is 1. The van der Waals surface area contributed by atoms with Crippen molar-refractivity contribution in [3.05, 3.63) is 0 Å². The van der Waals surface area contributed by atoms with Gasteiger partial charge in [0.2, 0.25) is 0 Å². The van der Waals surface area contributed by atoms with Crippen LogP contribution in [0, 0.1) is 5.92 Å². The van der Waals surface area contributed by atoms with E-state index in [1.54, 1.807) is 0 Å². The molecule has 3 aliphatic rings. The van der Waals surface area contributed by atoms with Gasteiger partial charge in [0.15, 0.2) is 0 Å². The summed E-state index contributed by atoms with van der Waals surface area (Å²) in [7, 11) is 0. The van der Waals surface area contributed by atoms with Gasteiger partial charge in [-0.25, -0.2) is 0 Å². The molecule has 1 saturated carbocycles. The Balaban J connectivity index is 2.19. The molecule has 8 heavy (non-hydrogen) atoms. The lowest BCUT2D eigenvalue weighted by atomic mass is 9.77. The van der Waals surface area contributed by atoms with E-state index in [4.69, 9.17) is 5.11 Å². The fraction of sp³-hybridized carbons (Fsp3) is 0.833.